The van der Waals surface area contributed by atoms with Crippen molar-refractivity contribution in [3.05, 3.63) is 58.5 Å². The molecule has 2 aliphatic carbocycles. The normalized spacial score (nSPS) is 23.8. The van der Waals surface area contributed by atoms with Crippen LogP contribution in [0.25, 0.3) is 5.65 Å². The number of nitrogens with one attached hydrogen (secondary N) is 2. The molecule has 5 heterocycles. The number of rotatable bonds is 9. The number of carbonyl (C=O) groups is 2. The number of alkyl halides is 5. The molecule has 17 heteroatoms. The van der Waals surface area contributed by atoms with E-state index in [4.69, 9.17) is 14.0 Å². The van der Waals surface area contributed by atoms with E-state index in [1.165, 1.54) is 10.7 Å². The highest BCUT2D eigenvalue weighted by Gasteiger charge is 2.56. The van der Waals surface area contributed by atoms with Crippen LogP contribution in [0, 0.1) is 25.2 Å². The molecule has 0 aromatic carbocycles. The third-order valence-corrected chi connectivity index (χ3v) is 9.75. The maximum atomic E-state index is 14.1. The highest BCUT2D eigenvalue weighted by molar-refractivity contribution is 5.93. The van der Waals surface area contributed by atoms with Crippen molar-refractivity contribution in [2.24, 2.45) is 11.3 Å². The van der Waals surface area contributed by atoms with Gasteiger partial charge in [-0.3, -0.25) is 9.59 Å². The molecule has 7 rings (SSSR count). The van der Waals surface area contributed by atoms with E-state index in [1.807, 2.05) is 0 Å². The number of oxazole rings is 1. The molecule has 2 amide bonds. The standard InChI is InChI=1S/C31H33F5N8O4/c1-15-20(38-16(2)47-15)11-29(12-22(31(34,35)36)40-28(29)46)10-17-9-23-39-21(14-44(23)37-13-17)24(19-5-7-30(32,33)8-6-19)41-27(45)26-25(18-3-4-18)42-48-43-26/h9,13-14,18-19,22,24H,3-8,10-12H2,1-2H3,(H,40,46)(H,41,45)/t22-,24-,29+/m0/s1. The molecule has 12 nitrogen and oxygen atoms in total. The SMILES string of the molecule is Cc1nc(C[C@]2(Cc3cnn4cc([C@@H](NC(=O)c5nonc5C5CC5)C5CCC(F)(F)CC5)nc4c3)C[C@@H](C(F)(F)F)NC2=O)c(C)o1. The fourth-order valence-electron chi connectivity index (χ4n) is 7.06. The minimum absolute atomic E-state index is 0.0441. The van der Waals surface area contributed by atoms with Gasteiger partial charge in [0.25, 0.3) is 5.91 Å². The van der Waals surface area contributed by atoms with Gasteiger partial charge in [-0.25, -0.2) is 27.9 Å². The predicted molar refractivity (Wildman–Crippen MR) is 155 cm³/mol. The summed E-state index contributed by atoms with van der Waals surface area (Å²) in [5, 5.41) is 17.1. The minimum Gasteiger partial charge on any atom is -0.446 e. The summed E-state index contributed by atoms with van der Waals surface area (Å²) in [7, 11) is 0. The van der Waals surface area contributed by atoms with E-state index >= 15 is 0 Å². The van der Waals surface area contributed by atoms with Gasteiger partial charge in [-0.1, -0.05) is 5.16 Å². The van der Waals surface area contributed by atoms with Crippen molar-refractivity contribution in [2.45, 2.75) is 102 Å². The Bertz CT molecular complexity index is 1850. The molecule has 4 aromatic heterocycles. The average molecular weight is 677 g/mol. The van der Waals surface area contributed by atoms with Crippen LogP contribution in [-0.2, 0) is 17.6 Å². The van der Waals surface area contributed by atoms with Gasteiger partial charge in [-0.15, -0.1) is 0 Å². The number of halogens is 5. The Morgan fingerprint density at radius 1 is 1.12 bits per heavy atom. The molecule has 0 bridgehead atoms. The summed E-state index contributed by atoms with van der Waals surface area (Å²) in [6.07, 6.45) is -0.997. The van der Waals surface area contributed by atoms with Gasteiger partial charge in [0.1, 0.15) is 17.5 Å². The van der Waals surface area contributed by atoms with Gasteiger partial charge in [0, 0.05) is 32.1 Å². The van der Waals surface area contributed by atoms with E-state index in [0.29, 0.717) is 39.9 Å². The second kappa shape index (κ2) is 11.6. The molecule has 1 aliphatic heterocycles. The van der Waals surface area contributed by atoms with Crippen LogP contribution in [0.2, 0.25) is 0 Å². The van der Waals surface area contributed by atoms with Crippen LogP contribution in [0.1, 0.15) is 102 Å². The third kappa shape index (κ3) is 6.25. The average Bonchev–Trinajstić information content (AvgIpc) is 3.30. The van der Waals surface area contributed by atoms with E-state index in [1.54, 1.807) is 26.1 Å². The van der Waals surface area contributed by atoms with Crippen molar-refractivity contribution in [1.82, 2.24) is 40.5 Å². The number of hydrogen-bond acceptors (Lipinski definition) is 9. The molecule has 0 spiro atoms. The Balaban J connectivity index is 1.19. The zero-order valence-electron chi connectivity index (χ0n) is 26.1. The summed E-state index contributed by atoms with van der Waals surface area (Å²) in [6.45, 7) is 3.26. The van der Waals surface area contributed by atoms with Crippen LogP contribution in [-0.4, -0.2) is 59.9 Å². The van der Waals surface area contributed by atoms with Gasteiger partial charge >= 0.3 is 6.18 Å². The zero-order valence-corrected chi connectivity index (χ0v) is 26.1. The van der Waals surface area contributed by atoms with E-state index in [-0.39, 0.29) is 56.1 Å². The first-order valence-corrected chi connectivity index (χ1v) is 15.9. The van der Waals surface area contributed by atoms with Crippen molar-refractivity contribution in [2.75, 3.05) is 0 Å². The van der Waals surface area contributed by atoms with Gasteiger partial charge in [0.05, 0.1) is 35.2 Å². The molecule has 48 heavy (non-hydrogen) atoms. The predicted octanol–water partition coefficient (Wildman–Crippen LogP) is 5.11. The molecule has 0 radical (unpaired) electrons. The highest BCUT2D eigenvalue weighted by Crippen LogP contribution is 2.44. The summed E-state index contributed by atoms with van der Waals surface area (Å²) < 4.78 is 81.4. The lowest BCUT2D eigenvalue weighted by molar-refractivity contribution is -0.155. The van der Waals surface area contributed by atoms with Crippen LogP contribution in [0.3, 0.4) is 0 Å². The highest BCUT2D eigenvalue weighted by atomic mass is 19.4. The van der Waals surface area contributed by atoms with Crippen LogP contribution < -0.4 is 10.6 Å². The first kappa shape index (κ1) is 32.1. The number of carbonyl (C=O) groups excluding carboxylic acids is 2. The second-order valence-electron chi connectivity index (χ2n) is 13.4. The van der Waals surface area contributed by atoms with Gasteiger partial charge in [-0.2, -0.15) is 18.3 Å². The number of aryl methyl sites for hydroxylation is 2. The van der Waals surface area contributed by atoms with E-state index < -0.39 is 47.8 Å². The Labute approximate surface area is 270 Å². The summed E-state index contributed by atoms with van der Waals surface area (Å²) >= 11 is 0. The lowest BCUT2D eigenvalue weighted by Crippen LogP contribution is -2.39. The van der Waals surface area contributed by atoms with Crippen LogP contribution in [0.5, 0.6) is 0 Å². The molecule has 2 N–H and O–H groups in total. The van der Waals surface area contributed by atoms with E-state index in [0.717, 1.165) is 12.8 Å². The molecule has 3 aliphatic rings. The largest absolute Gasteiger partial charge is 0.446 e. The zero-order chi connectivity index (χ0) is 34.0. The van der Waals surface area contributed by atoms with Gasteiger partial charge in [-0.05, 0) is 68.2 Å². The van der Waals surface area contributed by atoms with Gasteiger partial charge < -0.3 is 15.1 Å². The van der Waals surface area contributed by atoms with Crippen molar-refractivity contribution in [1.29, 1.82) is 0 Å². The summed E-state index contributed by atoms with van der Waals surface area (Å²) in [4.78, 5) is 35.7. The molecule has 0 unspecified atom stereocenters. The fraction of sp³-hybridized carbons (Fsp3) is 0.581. The summed E-state index contributed by atoms with van der Waals surface area (Å²) in [6, 6.07) is -1.19. The molecular formula is C31H33F5N8O4. The molecule has 3 fully saturated rings. The van der Waals surface area contributed by atoms with Crippen molar-refractivity contribution in [3.8, 4) is 0 Å². The molecule has 1 saturated heterocycles. The maximum Gasteiger partial charge on any atom is 0.408 e. The Morgan fingerprint density at radius 2 is 1.88 bits per heavy atom. The molecule has 3 atom stereocenters. The smallest absolute Gasteiger partial charge is 0.408 e. The van der Waals surface area contributed by atoms with Crippen molar-refractivity contribution < 1.29 is 40.6 Å². The lowest BCUT2D eigenvalue weighted by atomic mass is 9.75. The molecule has 2 saturated carbocycles. The number of fused-ring (bicyclic) bond motifs is 1. The number of hydrogen-bond donors (Lipinski definition) is 2. The molecule has 4 aromatic rings. The first-order valence-electron chi connectivity index (χ1n) is 15.9. The minimum atomic E-state index is -4.64. The molecular weight excluding hydrogens is 643 g/mol. The van der Waals surface area contributed by atoms with Crippen molar-refractivity contribution >= 4 is 17.5 Å². The quantitative estimate of drug-likeness (QED) is 0.230. The Hall–Kier alpha value is -4.44. The molecule has 256 valence electrons. The first-order chi connectivity index (χ1) is 22.7. The van der Waals surface area contributed by atoms with Crippen molar-refractivity contribution in [3.63, 3.8) is 0 Å². The van der Waals surface area contributed by atoms with Gasteiger partial charge in [0.15, 0.2) is 17.2 Å². The van der Waals surface area contributed by atoms with Crippen LogP contribution in [0.15, 0.2) is 27.5 Å². The summed E-state index contributed by atoms with van der Waals surface area (Å²) in [5.74, 6) is -3.65. The van der Waals surface area contributed by atoms with Crippen LogP contribution in [0.4, 0.5) is 22.0 Å². The van der Waals surface area contributed by atoms with Crippen LogP contribution >= 0.6 is 0 Å². The number of aromatic nitrogens is 6. The Kier molecular flexibility index (Phi) is 7.77. The topological polar surface area (TPSA) is 153 Å². The van der Waals surface area contributed by atoms with E-state index in [9.17, 15) is 31.5 Å². The fourth-order valence-corrected chi connectivity index (χ4v) is 7.06. The second-order valence-corrected chi connectivity index (χ2v) is 13.4. The third-order valence-electron chi connectivity index (χ3n) is 9.75. The number of amides is 2. The number of imidazole rings is 1. The van der Waals surface area contributed by atoms with E-state index in [2.05, 4.69) is 31.0 Å². The summed E-state index contributed by atoms with van der Waals surface area (Å²) in [5.41, 5.74) is 0.519. The maximum absolute atomic E-state index is 14.1. The monoisotopic (exact) mass is 676 g/mol. The Morgan fingerprint density at radius 3 is 2.52 bits per heavy atom. The van der Waals surface area contributed by atoms with Gasteiger partial charge in [0.2, 0.25) is 11.8 Å². The lowest BCUT2D eigenvalue weighted by Gasteiger charge is -2.33. The number of nitrogens with zero attached hydrogens (tertiary/aromatic N) is 6.